The number of hydrogen-bond acceptors (Lipinski definition) is 4. The number of pyridine rings is 1. The van der Waals surface area contributed by atoms with Gasteiger partial charge in [0.25, 0.3) is 0 Å². The Hall–Kier alpha value is -2.68. The molecule has 0 bridgehead atoms. The van der Waals surface area contributed by atoms with Crippen molar-refractivity contribution in [3.63, 3.8) is 0 Å². The van der Waals surface area contributed by atoms with Crippen LogP contribution in [0.5, 0.6) is 0 Å². The highest BCUT2D eigenvalue weighted by atomic mass is 16.1. The average Bonchev–Trinajstić information content (AvgIpc) is 2.76. The molecule has 1 N–H and O–H groups in total. The van der Waals surface area contributed by atoms with Gasteiger partial charge in [0.05, 0.1) is 6.54 Å². The summed E-state index contributed by atoms with van der Waals surface area (Å²) in [6, 6.07) is 4.04. The Morgan fingerprint density at radius 2 is 2.32 bits per heavy atom. The van der Waals surface area contributed by atoms with Crippen LogP contribution in [-0.4, -0.2) is 20.7 Å². The van der Waals surface area contributed by atoms with Gasteiger partial charge in [-0.1, -0.05) is 0 Å². The van der Waals surface area contributed by atoms with Crippen molar-refractivity contribution in [3.05, 3.63) is 29.6 Å². The molecule has 19 heavy (non-hydrogen) atoms. The van der Waals surface area contributed by atoms with Crippen LogP contribution < -0.4 is 5.32 Å². The van der Waals surface area contributed by atoms with Gasteiger partial charge in [0.2, 0.25) is 5.91 Å². The molecule has 0 aromatic carbocycles. The molecule has 0 radical (unpaired) electrons. The maximum Gasteiger partial charge on any atom is 0.227 e. The first-order valence-electron chi connectivity index (χ1n) is 5.92. The van der Waals surface area contributed by atoms with Gasteiger partial charge in [-0.2, -0.15) is 10.4 Å². The number of aryl methyl sites for hydroxylation is 2. The van der Waals surface area contributed by atoms with Gasteiger partial charge in [-0.15, -0.1) is 0 Å². The Morgan fingerprint density at radius 3 is 3.05 bits per heavy atom. The van der Waals surface area contributed by atoms with E-state index in [2.05, 4.69) is 21.5 Å². The van der Waals surface area contributed by atoms with E-state index in [1.165, 1.54) is 0 Å². The smallest absolute Gasteiger partial charge is 0.227 e. The standard InChI is InChI=1S/C13H11N5O/c1-8-4-9(7-15-6-8)12-10(5-14)13-16-11(19)2-3-18(13)17-12/h4,6-7H,2-3H2,1H3,(H,16,19). The van der Waals surface area contributed by atoms with Crippen molar-refractivity contribution in [2.45, 2.75) is 19.9 Å². The van der Waals surface area contributed by atoms with Gasteiger partial charge < -0.3 is 5.32 Å². The van der Waals surface area contributed by atoms with E-state index in [0.29, 0.717) is 30.0 Å². The third-order valence-electron chi connectivity index (χ3n) is 3.02. The molecule has 0 saturated heterocycles. The second-order valence-corrected chi connectivity index (χ2v) is 4.46. The normalized spacial score (nSPS) is 13.6. The molecule has 0 spiro atoms. The summed E-state index contributed by atoms with van der Waals surface area (Å²) >= 11 is 0. The summed E-state index contributed by atoms with van der Waals surface area (Å²) in [7, 11) is 0. The molecular formula is C13H11N5O. The first-order chi connectivity index (χ1) is 9.19. The molecule has 94 valence electrons. The Bertz CT molecular complexity index is 710. The fourth-order valence-electron chi connectivity index (χ4n) is 2.15. The second-order valence-electron chi connectivity index (χ2n) is 4.46. The molecule has 1 aliphatic rings. The van der Waals surface area contributed by atoms with Crippen LogP contribution in [0, 0.1) is 18.3 Å². The van der Waals surface area contributed by atoms with Crippen LogP contribution in [0.3, 0.4) is 0 Å². The monoisotopic (exact) mass is 253 g/mol. The Labute approximate surface area is 109 Å². The predicted molar refractivity (Wildman–Crippen MR) is 68.2 cm³/mol. The lowest BCUT2D eigenvalue weighted by atomic mass is 10.1. The number of fused-ring (bicyclic) bond motifs is 1. The van der Waals surface area contributed by atoms with Crippen LogP contribution in [0.2, 0.25) is 0 Å². The van der Waals surface area contributed by atoms with Crippen molar-refractivity contribution in [3.8, 4) is 17.3 Å². The predicted octanol–water partition coefficient (Wildman–Crippen LogP) is 1.47. The fraction of sp³-hybridized carbons (Fsp3) is 0.231. The zero-order chi connectivity index (χ0) is 13.4. The number of rotatable bonds is 1. The van der Waals surface area contributed by atoms with Gasteiger partial charge in [0.1, 0.15) is 23.1 Å². The van der Waals surface area contributed by atoms with Crippen LogP contribution in [0.15, 0.2) is 18.5 Å². The highest BCUT2D eigenvalue weighted by molar-refractivity contribution is 5.93. The number of anilines is 1. The molecule has 3 heterocycles. The molecule has 0 unspecified atom stereocenters. The van der Waals surface area contributed by atoms with Gasteiger partial charge in [0.15, 0.2) is 0 Å². The van der Waals surface area contributed by atoms with Crippen LogP contribution >= 0.6 is 0 Å². The van der Waals surface area contributed by atoms with E-state index in [-0.39, 0.29) is 5.91 Å². The largest absolute Gasteiger partial charge is 0.310 e. The lowest BCUT2D eigenvalue weighted by molar-refractivity contribution is -0.116. The zero-order valence-corrected chi connectivity index (χ0v) is 10.3. The quantitative estimate of drug-likeness (QED) is 0.834. The Balaban J connectivity index is 2.18. The molecule has 1 amide bonds. The lowest BCUT2D eigenvalue weighted by Gasteiger charge is -2.13. The van der Waals surface area contributed by atoms with Crippen LogP contribution in [0.4, 0.5) is 5.82 Å². The van der Waals surface area contributed by atoms with Gasteiger partial charge in [0, 0.05) is 24.4 Å². The number of amides is 1. The highest BCUT2D eigenvalue weighted by Crippen LogP contribution is 2.30. The molecule has 2 aromatic heterocycles. The van der Waals surface area contributed by atoms with Crippen LogP contribution in [-0.2, 0) is 11.3 Å². The molecular weight excluding hydrogens is 242 g/mol. The Morgan fingerprint density at radius 1 is 1.47 bits per heavy atom. The van der Waals surface area contributed by atoms with Crippen molar-refractivity contribution in [1.82, 2.24) is 14.8 Å². The highest BCUT2D eigenvalue weighted by Gasteiger charge is 2.24. The lowest BCUT2D eigenvalue weighted by Crippen LogP contribution is -2.23. The molecule has 0 saturated carbocycles. The van der Waals surface area contributed by atoms with E-state index >= 15 is 0 Å². The summed E-state index contributed by atoms with van der Waals surface area (Å²) in [6.45, 7) is 2.43. The minimum atomic E-state index is -0.0854. The maximum absolute atomic E-state index is 11.4. The van der Waals surface area contributed by atoms with Gasteiger partial charge in [-0.05, 0) is 18.6 Å². The number of carbonyl (C=O) groups excluding carboxylic acids is 1. The van der Waals surface area contributed by atoms with E-state index in [1.807, 2.05) is 13.0 Å². The first-order valence-corrected chi connectivity index (χ1v) is 5.92. The first kappa shape index (κ1) is 11.4. The minimum Gasteiger partial charge on any atom is -0.310 e. The summed E-state index contributed by atoms with van der Waals surface area (Å²) in [5.41, 5.74) is 2.74. The average molecular weight is 253 g/mol. The molecule has 3 rings (SSSR count). The van der Waals surface area contributed by atoms with Gasteiger partial charge >= 0.3 is 0 Å². The summed E-state index contributed by atoms with van der Waals surface area (Å²) in [5, 5.41) is 16.4. The van der Waals surface area contributed by atoms with Crippen molar-refractivity contribution in [2.75, 3.05) is 5.32 Å². The van der Waals surface area contributed by atoms with E-state index < -0.39 is 0 Å². The number of nitriles is 1. The van der Waals surface area contributed by atoms with E-state index in [0.717, 1.165) is 11.1 Å². The molecule has 2 aromatic rings. The fourth-order valence-corrected chi connectivity index (χ4v) is 2.15. The van der Waals surface area contributed by atoms with E-state index in [9.17, 15) is 10.1 Å². The molecule has 6 heteroatoms. The summed E-state index contributed by atoms with van der Waals surface area (Å²) < 4.78 is 1.66. The number of aromatic nitrogens is 3. The maximum atomic E-state index is 11.4. The molecule has 0 aliphatic carbocycles. The topological polar surface area (TPSA) is 83.6 Å². The van der Waals surface area contributed by atoms with E-state index in [1.54, 1.807) is 17.1 Å². The summed E-state index contributed by atoms with van der Waals surface area (Å²) in [5.74, 6) is 0.396. The van der Waals surface area contributed by atoms with Crippen molar-refractivity contribution < 1.29 is 4.79 Å². The van der Waals surface area contributed by atoms with Crippen LogP contribution in [0.25, 0.3) is 11.3 Å². The molecule has 6 nitrogen and oxygen atoms in total. The van der Waals surface area contributed by atoms with Gasteiger partial charge in [-0.25, -0.2) is 4.68 Å². The number of hydrogen-bond donors (Lipinski definition) is 1. The SMILES string of the molecule is Cc1cncc(-c2nn3c(c2C#N)NC(=O)CC3)c1. The van der Waals surface area contributed by atoms with Gasteiger partial charge in [-0.3, -0.25) is 9.78 Å². The summed E-state index contributed by atoms with van der Waals surface area (Å²) in [6.07, 6.45) is 3.79. The second kappa shape index (κ2) is 4.21. The summed E-state index contributed by atoms with van der Waals surface area (Å²) in [4.78, 5) is 15.5. The zero-order valence-electron chi connectivity index (χ0n) is 10.3. The Kier molecular flexibility index (Phi) is 2.53. The third kappa shape index (κ3) is 1.85. The van der Waals surface area contributed by atoms with E-state index in [4.69, 9.17) is 0 Å². The van der Waals surface area contributed by atoms with Crippen molar-refractivity contribution in [1.29, 1.82) is 5.26 Å². The molecule has 0 fully saturated rings. The molecule has 1 aliphatic heterocycles. The minimum absolute atomic E-state index is 0.0854. The third-order valence-corrected chi connectivity index (χ3v) is 3.02. The van der Waals surface area contributed by atoms with Crippen molar-refractivity contribution >= 4 is 11.7 Å². The number of nitrogens with zero attached hydrogens (tertiary/aromatic N) is 4. The molecule has 0 atom stereocenters. The number of carbonyl (C=O) groups is 1. The van der Waals surface area contributed by atoms with Crippen LogP contribution in [0.1, 0.15) is 17.5 Å². The number of nitrogens with one attached hydrogen (secondary N) is 1. The van der Waals surface area contributed by atoms with Crippen molar-refractivity contribution in [2.24, 2.45) is 0 Å².